The molecule has 1 amide bonds. The van der Waals surface area contributed by atoms with Crippen LogP contribution in [0.5, 0.6) is 11.5 Å². The summed E-state index contributed by atoms with van der Waals surface area (Å²) in [6, 6.07) is 16.1. The van der Waals surface area contributed by atoms with Crippen LogP contribution in [-0.4, -0.2) is 44.2 Å². The van der Waals surface area contributed by atoms with Gasteiger partial charge in [-0.1, -0.05) is 36.4 Å². The first-order valence-corrected chi connectivity index (χ1v) is 8.58. The summed E-state index contributed by atoms with van der Waals surface area (Å²) in [6.45, 7) is 2.93. The van der Waals surface area contributed by atoms with E-state index in [2.05, 4.69) is 17.4 Å². The van der Waals surface area contributed by atoms with Crippen molar-refractivity contribution in [3.63, 3.8) is 0 Å². The van der Waals surface area contributed by atoms with Crippen LogP contribution in [-0.2, 0) is 17.8 Å². The van der Waals surface area contributed by atoms with Crippen molar-refractivity contribution in [2.45, 2.75) is 13.0 Å². The predicted molar refractivity (Wildman–Crippen MR) is 96.9 cm³/mol. The number of rotatable bonds is 7. The molecule has 0 spiro atoms. The summed E-state index contributed by atoms with van der Waals surface area (Å²) in [5, 5.41) is 2.98. The van der Waals surface area contributed by atoms with Gasteiger partial charge in [0.25, 0.3) is 0 Å². The number of benzene rings is 2. The minimum Gasteiger partial charge on any atom is -0.486 e. The topological polar surface area (TPSA) is 50.8 Å². The Morgan fingerprint density at radius 3 is 2.60 bits per heavy atom. The van der Waals surface area contributed by atoms with E-state index in [1.807, 2.05) is 48.3 Å². The summed E-state index contributed by atoms with van der Waals surface area (Å²) < 4.78 is 11.1. The van der Waals surface area contributed by atoms with E-state index < -0.39 is 0 Å². The lowest BCUT2D eigenvalue weighted by molar-refractivity contribution is -0.122. The van der Waals surface area contributed by atoms with E-state index in [0.717, 1.165) is 30.0 Å². The van der Waals surface area contributed by atoms with Crippen molar-refractivity contribution in [2.75, 3.05) is 33.4 Å². The van der Waals surface area contributed by atoms with Crippen LogP contribution in [0.4, 0.5) is 0 Å². The SMILES string of the molecule is CN(CC(=O)NCCc1ccc2c(c1)OCCO2)Cc1ccccc1. The minimum absolute atomic E-state index is 0.0379. The molecular formula is C20H24N2O3. The number of ether oxygens (including phenoxy) is 2. The maximum absolute atomic E-state index is 12.1. The second-order valence-corrected chi connectivity index (χ2v) is 6.24. The normalized spacial score (nSPS) is 12.9. The standard InChI is InChI=1S/C20H24N2O3/c1-22(14-17-5-3-2-4-6-17)15-20(23)21-10-9-16-7-8-18-19(13-16)25-12-11-24-18/h2-8,13H,9-12,14-15H2,1H3,(H,21,23). The van der Waals surface area contributed by atoms with Crippen molar-refractivity contribution >= 4 is 5.91 Å². The van der Waals surface area contributed by atoms with Gasteiger partial charge in [0.15, 0.2) is 11.5 Å². The Morgan fingerprint density at radius 2 is 1.80 bits per heavy atom. The average molecular weight is 340 g/mol. The van der Waals surface area contributed by atoms with E-state index in [1.165, 1.54) is 5.56 Å². The fourth-order valence-corrected chi connectivity index (χ4v) is 2.84. The number of amides is 1. The van der Waals surface area contributed by atoms with Crippen LogP contribution < -0.4 is 14.8 Å². The fourth-order valence-electron chi connectivity index (χ4n) is 2.84. The van der Waals surface area contributed by atoms with Gasteiger partial charge in [-0.15, -0.1) is 0 Å². The van der Waals surface area contributed by atoms with Gasteiger partial charge in [0.2, 0.25) is 5.91 Å². The van der Waals surface area contributed by atoms with Gasteiger partial charge in [0, 0.05) is 13.1 Å². The Kier molecular flexibility index (Phi) is 5.90. The van der Waals surface area contributed by atoms with Gasteiger partial charge >= 0.3 is 0 Å². The molecule has 0 saturated carbocycles. The molecule has 2 aromatic rings. The van der Waals surface area contributed by atoms with Gasteiger partial charge in [-0.25, -0.2) is 0 Å². The minimum atomic E-state index is 0.0379. The number of likely N-dealkylation sites (N-methyl/N-ethyl adjacent to an activating group) is 1. The first-order chi connectivity index (χ1) is 12.2. The van der Waals surface area contributed by atoms with Crippen molar-refractivity contribution in [1.29, 1.82) is 0 Å². The zero-order valence-corrected chi connectivity index (χ0v) is 14.5. The Bertz CT molecular complexity index is 703. The number of hydrogen-bond acceptors (Lipinski definition) is 4. The lowest BCUT2D eigenvalue weighted by atomic mass is 10.1. The Hall–Kier alpha value is -2.53. The first kappa shape index (κ1) is 17.3. The van der Waals surface area contributed by atoms with Gasteiger partial charge in [-0.3, -0.25) is 9.69 Å². The molecule has 0 bridgehead atoms. The predicted octanol–water partition coefficient (Wildman–Crippen LogP) is 2.25. The average Bonchev–Trinajstić information content (AvgIpc) is 2.62. The molecule has 1 aliphatic heterocycles. The maximum atomic E-state index is 12.1. The molecule has 1 aliphatic rings. The molecule has 0 atom stereocenters. The monoisotopic (exact) mass is 340 g/mol. The van der Waals surface area contributed by atoms with Crippen molar-refractivity contribution in [3.8, 4) is 11.5 Å². The molecule has 25 heavy (non-hydrogen) atoms. The Labute approximate surface area is 148 Å². The lowest BCUT2D eigenvalue weighted by Crippen LogP contribution is -2.35. The van der Waals surface area contributed by atoms with Crippen LogP contribution in [0.1, 0.15) is 11.1 Å². The molecule has 5 heteroatoms. The number of nitrogens with one attached hydrogen (secondary N) is 1. The van der Waals surface area contributed by atoms with Crippen LogP contribution >= 0.6 is 0 Å². The van der Waals surface area contributed by atoms with Gasteiger partial charge in [0.05, 0.1) is 6.54 Å². The third-order valence-electron chi connectivity index (χ3n) is 4.05. The molecule has 1 heterocycles. The summed E-state index contributed by atoms with van der Waals surface area (Å²) in [6.07, 6.45) is 0.769. The van der Waals surface area contributed by atoms with E-state index in [-0.39, 0.29) is 5.91 Å². The quantitative estimate of drug-likeness (QED) is 0.840. The molecule has 1 N–H and O–H groups in total. The highest BCUT2D eigenvalue weighted by atomic mass is 16.6. The van der Waals surface area contributed by atoms with Crippen LogP contribution in [0.3, 0.4) is 0 Å². The lowest BCUT2D eigenvalue weighted by Gasteiger charge is -2.19. The molecular weight excluding hydrogens is 316 g/mol. The van der Waals surface area contributed by atoms with Crippen molar-refractivity contribution in [2.24, 2.45) is 0 Å². The van der Waals surface area contributed by atoms with E-state index in [9.17, 15) is 4.79 Å². The summed E-state index contributed by atoms with van der Waals surface area (Å²) in [5.74, 6) is 1.62. The molecule has 0 unspecified atom stereocenters. The zero-order valence-electron chi connectivity index (χ0n) is 14.5. The molecule has 0 fully saturated rings. The second kappa shape index (κ2) is 8.53. The zero-order chi connectivity index (χ0) is 17.5. The van der Waals surface area contributed by atoms with Crippen LogP contribution in [0.15, 0.2) is 48.5 Å². The highest BCUT2D eigenvalue weighted by Gasteiger charge is 2.12. The molecule has 0 radical (unpaired) electrons. The molecule has 0 aliphatic carbocycles. The van der Waals surface area contributed by atoms with E-state index in [1.54, 1.807) is 0 Å². The van der Waals surface area contributed by atoms with Gasteiger partial charge < -0.3 is 14.8 Å². The summed E-state index contributed by atoms with van der Waals surface area (Å²) in [7, 11) is 1.95. The fraction of sp³-hybridized carbons (Fsp3) is 0.350. The number of carbonyl (C=O) groups is 1. The summed E-state index contributed by atoms with van der Waals surface area (Å²) in [4.78, 5) is 14.1. The van der Waals surface area contributed by atoms with Gasteiger partial charge in [0.1, 0.15) is 13.2 Å². The molecule has 5 nitrogen and oxygen atoms in total. The van der Waals surface area contributed by atoms with Crippen LogP contribution in [0, 0.1) is 0 Å². The van der Waals surface area contributed by atoms with Crippen LogP contribution in [0.2, 0.25) is 0 Å². The summed E-state index contributed by atoms with van der Waals surface area (Å²) >= 11 is 0. The Balaban J connectivity index is 1.40. The number of nitrogens with zero attached hydrogens (tertiary/aromatic N) is 1. The summed E-state index contributed by atoms with van der Waals surface area (Å²) in [5.41, 5.74) is 2.33. The molecule has 3 rings (SSSR count). The highest BCUT2D eigenvalue weighted by Crippen LogP contribution is 2.30. The smallest absolute Gasteiger partial charge is 0.234 e. The van der Waals surface area contributed by atoms with Crippen LogP contribution in [0.25, 0.3) is 0 Å². The first-order valence-electron chi connectivity index (χ1n) is 8.58. The highest BCUT2D eigenvalue weighted by molar-refractivity contribution is 5.77. The molecule has 0 saturated heterocycles. The largest absolute Gasteiger partial charge is 0.486 e. The third-order valence-corrected chi connectivity index (χ3v) is 4.05. The maximum Gasteiger partial charge on any atom is 0.234 e. The number of carbonyl (C=O) groups excluding carboxylic acids is 1. The second-order valence-electron chi connectivity index (χ2n) is 6.24. The molecule has 0 aromatic heterocycles. The van der Waals surface area contributed by atoms with Crippen molar-refractivity contribution < 1.29 is 14.3 Å². The van der Waals surface area contributed by atoms with Gasteiger partial charge in [-0.05, 0) is 36.7 Å². The Morgan fingerprint density at radius 1 is 1.04 bits per heavy atom. The van der Waals surface area contributed by atoms with E-state index in [0.29, 0.717) is 26.3 Å². The van der Waals surface area contributed by atoms with Gasteiger partial charge in [-0.2, -0.15) is 0 Å². The third kappa shape index (κ3) is 5.22. The molecule has 2 aromatic carbocycles. The molecule has 132 valence electrons. The number of hydrogen-bond donors (Lipinski definition) is 1. The van der Waals surface area contributed by atoms with Crippen molar-refractivity contribution in [1.82, 2.24) is 10.2 Å². The number of fused-ring (bicyclic) bond motifs is 1. The van der Waals surface area contributed by atoms with E-state index >= 15 is 0 Å². The van der Waals surface area contributed by atoms with E-state index in [4.69, 9.17) is 9.47 Å². The van der Waals surface area contributed by atoms with Crippen molar-refractivity contribution in [3.05, 3.63) is 59.7 Å².